The van der Waals surface area contributed by atoms with Crippen molar-refractivity contribution in [2.75, 3.05) is 0 Å². The Morgan fingerprint density at radius 2 is 1.79 bits per heavy atom. The van der Waals surface area contributed by atoms with Gasteiger partial charge in [0.15, 0.2) is 0 Å². The smallest absolute Gasteiger partial charge is 0.226 e. The third-order valence-electron chi connectivity index (χ3n) is 4.76. The van der Waals surface area contributed by atoms with Crippen molar-refractivity contribution < 1.29 is 8.42 Å². The second-order valence-electron chi connectivity index (χ2n) is 6.70. The number of H-pyrrole nitrogens is 1. The van der Waals surface area contributed by atoms with Crippen LogP contribution in [-0.4, -0.2) is 27.8 Å². The molecule has 8 heteroatoms. The number of sulfone groups is 1. The average Bonchev–Trinajstić information content (AvgIpc) is 3.34. The predicted molar refractivity (Wildman–Crippen MR) is 113 cm³/mol. The lowest BCUT2D eigenvalue weighted by atomic mass is 10.2. The van der Waals surface area contributed by atoms with E-state index in [4.69, 9.17) is 11.6 Å². The lowest BCUT2D eigenvalue weighted by Gasteiger charge is -2.06. The van der Waals surface area contributed by atoms with Crippen LogP contribution in [0.25, 0.3) is 27.9 Å². The van der Waals surface area contributed by atoms with E-state index in [1.54, 1.807) is 24.4 Å². The summed E-state index contributed by atoms with van der Waals surface area (Å²) in [6.45, 7) is 0. The van der Waals surface area contributed by atoms with Crippen LogP contribution in [0.3, 0.4) is 0 Å². The molecule has 5 aromatic rings. The van der Waals surface area contributed by atoms with Crippen LogP contribution in [0.4, 0.5) is 0 Å². The van der Waals surface area contributed by atoms with Crippen LogP contribution in [0.5, 0.6) is 0 Å². The van der Waals surface area contributed by atoms with Crippen molar-refractivity contribution in [3.05, 3.63) is 83.6 Å². The van der Waals surface area contributed by atoms with Crippen molar-refractivity contribution in [3.8, 4) is 11.3 Å². The standard InChI is InChI=1S/C21H15ClN4O2S/c22-16-9-7-14(8-10-16)19-12-23-20-15(4-3-11-26(19)20)13-29(27,28)21-24-17-5-1-2-6-18(17)25-21/h1-12H,13H2,(H,24,25). The monoisotopic (exact) mass is 422 g/mol. The molecule has 3 aromatic heterocycles. The molecule has 0 aliphatic rings. The molecular weight excluding hydrogens is 408 g/mol. The van der Waals surface area contributed by atoms with E-state index >= 15 is 0 Å². The first kappa shape index (κ1) is 17.9. The first-order chi connectivity index (χ1) is 14.0. The van der Waals surface area contributed by atoms with Crippen LogP contribution < -0.4 is 0 Å². The van der Waals surface area contributed by atoms with Crippen molar-refractivity contribution in [1.29, 1.82) is 0 Å². The number of hydrogen-bond acceptors (Lipinski definition) is 4. The lowest BCUT2D eigenvalue weighted by Crippen LogP contribution is -2.08. The van der Waals surface area contributed by atoms with Gasteiger partial charge in [-0.05, 0) is 30.3 Å². The van der Waals surface area contributed by atoms with Crippen LogP contribution in [0, 0.1) is 0 Å². The fraction of sp³-hybridized carbons (Fsp3) is 0.0476. The highest BCUT2D eigenvalue weighted by atomic mass is 35.5. The third kappa shape index (κ3) is 3.18. The Morgan fingerprint density at radius 1 is 1.00 bits per heavy atom. The van der Waals surface area contributed by atoms with Gasteiger partial charge in [-0.2, -0.15) is 0 Å². The van der Waals surface area contributed by atoms with E-state index in [0.29, 0.717) is 27.3 Å². The molecule has 0 saturated carbocycles. The minimum Gasteiger partial charge on any atom is -0.329 e. The second kappa shape index (κ2) is 6.72. The highest BCUT2D eigenvalue weighted by molar-refractivity contribution is 7.90. The molecule has 2 aromatic carbocycles. The molecule has 144 valence electrons. The molecule has 0 bridgehead atoms. The lowest BCUT2D eigenvalue weighted by molar-refractivity contribution is 0.588. The summed E-state index contributed by atoms with van der Waals surface area (Å²) in [6, 6.07) is 18.3. The van der Waals surface area contributed by atoms with Gasteiger partial charge in [0.2, 0.25) is 15.0 Å². The van der Waals surface area contributed by atoms with Gasteiger partial charge in [0.05, 0.1) is 28.7 Å². The molecule has 0 aliphatic carbocycles. The van der Waals surface area contributed by atoms with Gasteiger partial charge < -0.3 is 4.98 Å². The van der Waals surface area contributed by atoms with Gasteiger partial charge in [-0.3, -0.25) is 4.40 Å². The summed E-state index contributed by atoms with van der Waals surface area (Å²) < 4.78 is 27.8. The summed E-state index contributed by atoms with van der Waals surface area (Å²) in [4.78, 5) is 11.6. The largest absolute Gasteiger partial charge is 0.329 e. The molecular formula is C21H15ClN4O2S. The molecule has 1 N–H and O–H groups in total. The molecule has 0 fully saturated rings. The van der Waals surface area contributed by atoms with Crippen molar-refractivity contribution in [2.24, 2.45) is 0 Å². The fourth-order valence-electron chi connectivity index (χ4n) is 3.37. The second-order valence-corrected chi connectivity index (χ2v) is 9.04. The van der Waals surface area contributed by atoms with E-state index in [2.05, 4.69) is 15.0 Å². The van der Waals surface area contributed by atoms with E-state index in [1.807, 2.05) is 53.1 Å². The Labute approximate surface area is 171 Å². The van der Waals surface area contributed by atoms with Gasteiger partial charge in [-0.15, -0.1) is 0 Å². The van der Waals surface area contributed by atoms with Crippen molar-refractivity contribution in [1.82, 2.24) is 19.4 Å². The Morgan fingerprint density at radius 3 is 2.59 bits per heavy atom. The van der Waals surface area contributed by atoms with E-state index in [0.717, 1.165) is 11.3 Å². The van der Waals surface area contributed by atoms with Gasteiger partial charge in [0.1, 0.15) is 5.65 Å². The van der Waals surface area contributed by atoms with Crippen molar-refractivity contribution >= 4 is 38.1 Å². The molecule has 0 spiro atoms. The molecule has 0 amide bonds. The number of aromatic nitrogens is 4. The summed E-state index contributed by atoms with van der Waals surface area (Å²) in [5, 5.41) is 0.616. The number of nitrogens with one attached hydrogen (secondary N) is 1. The number of fused-ring (bicyclic) bond motifs is 2. The molecule has 0 atom stereocenters. The van der Waals surface area contributed by atoms with E-state index < -0.39 is 9.84 Å². The zero-order valence-corrected chi connectivity index (χ0v) is 16.7. The van der Waals surface area contributed by atoms with Crippen LogP contribution in [0.15, 0.2) is 78.2 Å². The molecule has 0 unspecified atom stereocenters. The first-order valence-corrected chi connectivity index (χ1v) is 10.9. The first-order valence-electron chi connectivity index (χ1n) is 8.90. The summed E-state index contributed by atoms with van der Waals surface area (Å²) in [5.74, 6) is -0.200. The number of imidazole rings is 2. The summed E-state index contributed by atoms with van der Waals surface area (Å²) in [6.07, 6.45) is 3.60. The Kier molecular flexibility index (Phi) is 4.15. The Balaban J connectivity index is 1.56. The number of pyridine rings is 1. The Bertz CT molecular complexity index is 1420. The van der Waals surface area contributed by atoms with Crippen LogP contribution in [-0.2, 0) is 15.6 Å². The van der Waals surface area contributed by atoms with E-state index in [9.17, 15) is 8.42 Å². The van der Waals surface area contributed by atoms with Crippen LogP contribution >= 0.6 is 11.6 Å². The van der Waals surface area contributed by atoms with Gasteiger partial charge in [0, 0.05) is 22.3 Å². The van der Waals surface area contributed by atoms with Crippen molar-refractivity contribution in [2.45, 2.75) is 10.9 Å². The number of para-hydroxylation sites is 2. The van der Waals surface area contributed by atoms with Gasteiger partial charge in [-0.1, -0.05) is 41.9 Å². The molecule has 0 aliphatic heterocycles. The summed E-state index contributed by atoms with van der Waals surface area (Å²) in [7, 11) is -3.67. The minimum absolute atomic E-state index is 0.0369. The van der Waals surface area contributed by atoms with Crippen LogP contribution in [0.2, 0.25) is 5.02 Å². The predicted octanol–water partition coefficient (Wildman–Crippen LogP) is 4.50. The van der Waals surface area contributed by atoms with Crippen LogP contribution in [0.1, 0.15) is 5.56 Å². The minimum atomic E-state index is -3.67. The normalized spacial score (nSPS) is 12.0. The Hall–Kier alpha value is -3.16. The molecule has 0 radical (unpaired) electrons. The maximum atomic E-state index is 13.0. The maximum absolute atomic E-state index is 13.0. The van der Waals surface area contributed by atoms with Gasteiger partial charge in [-0.25, -0.2) is 18.4 Å². The van der Waals surface area contributed by atoms with E-state index in [-0.39, 0.29) is 10.9 Å². The van der Waals surface area contributed by atoms with Gasteiger partial charge in [0.25, 0.3) is 0 Å². The SMILES string of the molecule is O=S(=O)(Cc1cccn2c(-c3ccc(Cl)cc3)cnc12)c1nc2ccccc2[nH]1. The molecule has 3 heterocycles. The zero-order chi connectivity index (χ0) is 20.0. The average molecular weight is 423 g/mol. The topological polar surface area (TPSA) is 80.1 Å². The summed E-state index contributed by atoms with van der Waals surface area (Å²) in [5.41, 5.74) is 4.31. The number of rotatable bonds is 4. The fourth-order valence-corrected chi connectivity index (χ4v) is 4.77. The summed E-state index contributed by atoms with van der Waals surface area (Å²) >= 11 is 5.98. The molecule has 0 saturated heterocycles. The number of nitrogens with zero attached hydrogens (tertiary/aromatic N) is 3. The molecule has 5 rings (SSSR count). The molecule has 6 nitrogen and oxygen atoms in total. The van der Waals surface area contributed by atoms with Crippen molar-refractivity contribution in [3.63, 3.8) is 0 Å². The number of hydrogen-bond donors (Lipinski definition) is 1. The zero-order valence-electron chi connectivity index (χ0n) is 15.1. The highest BCUT2D eigenvalue weighted by Gasteiger charge is 2.22. The van der Waals surface area contributed by atoms with Gasteiger partial charge >= 0.3 is 0 Å². The van der Waals surface area contributed by atoms with E-state index in [1.165, 1.54) is 0 Å². The number of halogens is 1. The molecule has 29 heavy (non-hydrogen) atoms. The number of aromatic amines is 1. The number of benzene rings is 2. The highest BCUT2D eigenvalue weighted by Crippen LogP contribution is 2.26. The quantitative estimate of drug-likeness (QED) is 0.462. The maximum Gasteiger partial charge on any atom is 0.226 e. The third-order valence-corrected chi connectivity index (χ3v) is 6.49.